The molecule has 6 nitrogen and oxygen atoms in total. The van der Waals surface area contributed by atoms with E-state index in [-0.39, 0.29) is 18.0 Å². The fraction of sp³-hybridized carbons (Fsp3) is 0.444. The lowest BCUT2D eigenvalue weighted by atomic mass is 10.0. The van der Waals surface area contributed by atoms with Gasteiger partial charge in [-0.15, -0.1) is 0 Å². The third-order valence-electron chi connectivity index (χ3n) is 4.00. The van der Waals surface area contributed by atoms with Crippen LogP contribution in [0.2, 0.25) is 0 Å². The number of imidazole rings is 1. The van der Waals surface area contributed by atoms with Gasteiger partial charge in [-0.05, 0) is 23.6 Å². The molecule has 1 aromatic carbocycles. The maximum atomic E-state index is 12.2. The largest absolute Gasteiger partial charge is 0.378 e. The van der Waals surface area contributed by atoms with Crippen molar-refractivity contribution >= 4 is 11.7 Å². The molecule has 1 aromatic heterocycles. The van der Waals surface area contributed by atoms with Crippen LogP contribution < -0.4 is 15.5 Å². The molecule has 6 heteroatoms. The third-order valence-corrected chi connectivity index (χ3v) is 4.00. The van der Waals surface area contributed by atoms with Crippen molar-refractivity contribution in [2.75, 3.05) is 19.0 Å². The van der Waals surface area contributed by atoms with Crippen molar-refractivity contribution in [2.45, 2.75) is 26.4 Å². The smallest absolute Gasteiger partial charge is 0.315 e. The third kappa shape index (κ3) is 4.50. The first kappa shape index (κ1) is 17.8. The van der Waals surface area contributed by atoms with Crippen LogP contribution in [-0.2, 0) is 13.6 Å². The zero-order valence-electron chi connectivity index (χ0n) is 15.1. The van der Waals surface area contributed by atoms with Gasteiger partial charge in [0.2, 0.25) is 0 Å². The number of amides is 2. The molecule has 0 radical (unpaired) electrons. The molecular weight excluding hydrogens is 302 g/mol. The first-order chi connectivity index (χ1) is 11.4. The summed E-state index contributed by atoms with van der Waals surface area (Å²) in [5, 5.41) is 5.93. The Kier molecular flexibility index (Phi) is 5.84. The van der Waals surface area contributed by atoms with Gasteiger partial charge in [-0.2, -0.15) is 0 Å². The van der Waals surface area contributed by atoms with E-state index in [0.29, 0.717) is 6.54 Å². The highest BCUT2D eigenvalue weighted by Gasteiger charge is 2.21. The van der Waals surface area contributed by atoms with Crippen LogP contribution in [0.3, 0.4) is 0 Å². The number of carbonyl (C=O) groups excluding carboxylic acids is 1. The number of hydrogen-bond donors (Lipinski definition) is 2. The van der Waals surface area contributed by atoms with Gasteiger partial charge < -0.3 is 20.1 Å². The van der Waals surface area contributed by atoms with E-state index in [0.717, 1.165) is 17.1 Å². The molecule has 2 amide bonds. The molecule has 0 spiro atoms. The average Bonchev–Trinajstić information content (AvgIpc) is 2.96. The minimum atomic E-state index is -0.187. The molecule has 24 heavy (non-hydrogen) atoms. The molecule has 0 aliphatic heterocycles. The monoisotopic (exact) mass is 329 g/mol. The average molecular weight is 329 g/mol. The molecule has 0 aliphatic carbocycles. The highest BCUT2D eigenvalue weighted by atomic mass is 16.2. The van der Waals surface area contributed by atoms with Crippen molar-refractivity contribution in [2.24, 2.45) is 13.0 Å². The van der Waals surface area contributed by atoms with E-state index < -0.39 is 0 Å². The van der Waals surface area contributed by atoms with Gasteiger partial charge in [0.25, 0.3) is 0 Å². The van der Waals surface area contributed by atoms with Crippen molar-refractivity contribution in [3.63, 3.8) is 0 Å². The zero-order valence-corrected chi connectivity index (χ0v) is 15.1. The number of benzene rings is 1. The van der Waals surface area contributed by atoms with Gasteiger partial charge in [0.15, 0.2) is 0 Å². The van der Waals surface area contributed by atoms with Gasteiger partial charge in [-0.1, -0.05) is 26.0 Å². The predicted molar refractivity (Wildman–Crippen MR) is 96.9 cm³/mol. The number of urea groups is 1. The second kappa shape index (κ2) is 7.86. The summed E-state index contributed by atoms with van der Waals surface area (Å²) in [6.45, 7) is 4.63. The molecule has 1 atom stereocenters. The highest BCUT2D eigenvalue weighted by Crippen LogP contribution is 2.19. The summed E-state index contributed by atoms with van der Waals surface area (Å²) in [6.07, 6.45) is 3.63. The summed E-state index contributed by atoms with van der Waals surface area (Å²) >= 11 is 0. The van der Waals surface area contributed by atoms with Gasteiger partial charge in [0, 0.05) is 45.8 Å². The van der Waals surface area contributed by atoms with Crippen LogP contribution >= 0.6 is 0 Å². The molecule has 0 saturated heterocycles. The van der Waals surface area contributed by atoms with E-state index in [9.17, 15) is 4.79 Å². The molecule has 2 aromatic rings. The molecule has 2 N–H and O–H groups in total. The summed E-state index contributed by atoms with van der Waals surface area (Å²) in [5.41, 5.74) is 2.20. The maximum Gasteiger partial charge on any atom is 0.315 e. The Balaban J connectivity index is 1.93. The van der Waals surface area contributed by atoms with Crippen LogP contribution in [0.4, 0.5) is 10.5 Å². The number of anilines is 1. The molecule has 0 unspecified atom stereocenters. The molecule has 2 rings (SSSR count). The Morgan fingerprint density at radius 2 is 1.92 bits per heavy atom. The Labute approximate surface area is 143 Å². The van der Waals surface area contributed by atoms with Crippen molar-refractivity contribution < 1.29 is 4.79 Å². The van der Waals surface area contributed by atoms with E-state index in [1.54, 1.807) is 6.20 Å². The Bertz CT molecular complexity index is 660. The summed E-state index contributed by atoms with van der Waals surface area (Å²) in [4.78, 5) is 18.6. The van der Waals surface area contributed by atoms with E-state index in [4.69, 9.17) is 0 Å². The fourth-order valence-electron chi connectivity index (χ4n) is 2.49. The van der Waals surface area contributed by atoms with Crippen LogP contribution in [0.15, 0.2) is 36.7 Å². The lowest BCUT2D eigenvalue weighted by Gasteiger charge is -2.22. The van der Waals surface area contributed by atoms with Crippen LogP contribution in [0.25, 0.3) is 0 Å². The van der Waals surface area contributed by atoms with Crippen molar-refractivity contribution in [3.05, 3.63) is 48.0 Å². The fourth-order valence-corrected chi connectivity index (χ4v) is 2.49. The van der Waals surface area contributed by atoms with Crippen LogP contribution in [0.5, 0.6) is 0 Å². The molecular formula is C18H27N5O. The highest BCUT2D eigenvalue weighted by molar-refractivity contribution is 5.74. The van der Waals surface area contributed by atoms with Crippen molar-refractivity contribution in [1.29, 1.82) is 0 Å². The van der Waals surface area contributed by atoms with E-state index in [1.807, 2.05) is 61.1 Å². The summed E-state index contributed by atoms with van der Waals surface area (Å²) < 4.78 is 1.94. The predicted octanol–water partition coefficient (Wildman–Crippen LogP) is 2.68. The Morgan fingerprint density at radius 3 is 2.42 bits per heavy atom. The second-order valence-corrected chi connectivity index (χ2v) is 6.51. The molecule has 130 valence electrons. The standard InChI is InChI=1S/C18H27N5O/c1-13(2)16(17-19-10-11-23(17)5)21-18(24)20-12-14-6-8-15(9-7-14)22(3)4/h6-11,13,16H,12H2,1-5H3,(H2,20,21,24)/t16-/m1/s1. The number of carbonyl (C=O) groups is 1. The van der Waals surface area contributed by atoms with Crippen LogP contribution in [0.1, 0.15) is 31.3 Å². The van der Waals surface area contributed by atoms with Crippen molar-refractivity contribution in [1.82, 2.24) is 20.2 Å². The van der Waals surface area contributed by atoms with Crippen molar-refractivity contribution in [3.8, 4) is 0 Å². The minimum Gasteiger partial charge on any atom is -0.378 e. The first-order valence-electron chi connectivity index (χ1n) is 8.16. The van der Waals surface area contributed by atoms with Gasteiger partial charge in [-0.25, -0.2) is 9.78 Å². The van der Waals surface area contributed by atoms with E-state index >= 15 is 0 Å². The SMILES string of the molecule is CC(C)[C@@H](NC(=O)NCc1ccc(N(C)C)cc1)c1nccn1C. The molecule has 0 saturated carbocycles. The quantitative estimate of drug-likeness (QED) is 0.856. The molecule has 0 bridgehead atoms. The lowest BCUT2D eigenvalue weighted by molar-refractivity contribution is 0.231. The summed E-state index contributed by atoms with van der Waals surface area (Å²) in [7, 11) is 5.94. The minimum absolute atomic E-state index is 0.124. The number of aromatic nitrogens is 2. The second-order valence-electron chi connectivity index (χ2n) is 6.51. The van der Waals surface area contributed by atoms with Gasteiger partial charge in [-0.3, -0.25) is 0 Å². The zero-order chi connectivity index (χ0) is 17.7. The number of nitrogens with one attached hydrogen (secondary N) is 2. The van der Waals surface area contributed by atoms with Gasteiger partial charge >= 0.3 is 6.03 Å². The van der Waals surface area contributed by atoms with Crippen LogP contribution in [0, 0.1) is 5.92 Å². The normalized spacial score (nSPS) is 12.1. The lowest BCUT2D eigenvalue weighted by Crippen LogP contribution is -2.40. The number of nitrogens with zero attached hydrogens (tertiary/aromatic N) is 3. The summed E-state index contributed by atoms with van der Waals surface area (Å²) in [6, 6.07) is 7.82. The number of rotatable bonds is 6. The first-order valence-corrected chi connectivity index (χ1v) is 8.16. The maximum absolute atomic E-state index is 12.2. The molecule has 1 heterocycles. The van der Waals surface area contributed by atoms with E-state index in [1.165, 1.54) is 0 Å². The summed E-state index contributed by atoms with van der Waals surface area (Å²) in [5.74, 6) is 1.10. The molecule has 0 fully saturated rings. The van der Waals surface area contributed by atoms with E-state index in [2.05, 4.69) is 29.5 Å². The van der Waals surface area contributed by atoms with Gasteiger partial charge in [0.05, 0.1) is 6.04 Å². The number of aryl methyl sites for hydroxylation is 1. The van der Waals surface area contributed by atoms with Crippen LogP contribution in [-0.4, -0.2) is 29.7 Å². The molecule has 0 aliphatic rings. The Morgan fingerprint density at radius 1 is 1.25 bits per heavy atom. The Hall–Kier alpha value is -2.50. The topological polar surface area (TPSA) is 62.2 Å². The number of hydrogen-bond acceptors (Lipinski definition) is 3. The van der Waals surface area contributed by atoms with Gasteiger partial charge in [0.1, 0.15) is 5.82 Å².